The average Bonchev–Trinajstić information content (AvgIpc) is 2.71. The Kier molecular flexibility index (Phi) is 6.50. The monoisotopic (exact) mass is 463 g/mol. The molecule has 31 heavy (non-hydrogen) atoms. The molecule has 0 aliphatic carbocycles. The van der Waals surface area contributed by atoms with Gasteiger partial charge in [-0.15, -0.1) is 9.35 Å². The number of methoxy groups -OCH3 is 1. The van der Waals surface area contributed by atoms with Crippen LogP contribution in [0, 0.1) is 0 Å². The number of imide groups is 1. The molecule has 0 atom stereocenters. The summed E-state index contributed by atoms with van der Waals surface area (Å²) in [5, 5.41) is 0.0378. The highest BCUT2D eigenvalue weighted by Gasteiger charge is 2.51. The molecular weight excluding hydrogens is 447 g/mol. The molecule has 1 aliphatic heterocycles. The van der Waals surface area contributed by atoms with Crippen LogP contribution in [0.25, 0.3) is 10.8 Å². The summed E-state index contributed by atoms with van der Waals surface area (Å²) in [6.07, 6.45) is 0. The van der Waals surface area contributed by atoms with E-state index in [1.807, 2.05) is 0 Å². The molecule has 0 saturated heterocycles. The summed E-state index contributed by atoms with van der Waals surface area (Å²) in [6, 6.07) is 6.77. The number of nitrogens with zero attached hydrogens (tertiary/aromatic N) is 1. The maximum atomic E-state index is 12.6. The molecule has 168 valence electrons. The SMILES string of the molecule is COCCOCCOc1ccc2c3c(cccc13)C(=O)N(OS(=O)(=O)C(F)(F)F)C2=O. The molecule has 0 bridgehead atoms. The predicted octanol–water partition coefficient (Wildman–Crippen LogP) is 2.26. The van der Waals surface area contributed by atoms with Gasteiger partial charge in [0.15, 0.2) is 0 Å². The highest BCUT2D eigenvalue weighted by molar-refractivity contribution is 7.87. The minimum Gasteiger partial charge on any atom is -0.491 e. The fourth-order valence-electron chi connectivity index (χ4n) is 2.84. The van der Waals surface area contributed by atoms with Gasteiger partial charge in [-0.2, -0.15) is 21.6 Å². The van der Waals surface area contributed by atoms with E-state index in [1.165, 1.54) is 31.4 Å². The lowest BCUT2D eigenvalue weighted by Crippen LogP contribution is -2.44. The summed E-state index contributed by atoms with van der Waals surface area (Å²) in [4.78, 5) is 25.1. The number of hydrogen-bond donors (Lipinski definition) is 0. The van der Waals surface area contributed by atoms with E-state index < -0.39 is 32.5 Å². The van der Waals surface area contributed by atoms with Crippen molar-refractivity contribution in [3.05, 3.63) is 41.5 Å². The molecule has 2 aromatic rings. The first-order chi connectivity index (χ1) is 14.6. The van der Waals surface area contributed by atoms with Crippen LogP contribution in [0.15, 0.2) is 30.3 Å². The summed E-state index contributed by atoms with van der Waals surface area (Å²) in [7, 11) is -4.70. The summed E-state index contributed by atoms with van der Waals surface area (Å²) in [5.41, 5.74) is -6.25. The Morgan fingerprint density at radius 1 is 0.935 bits per heavy atom. The van der Waals surface area contributed by atoms with Gasteiger partial charge < -0.3 is 14.2 Å². The lowest BCUT2D eigenvalue weighted by atomic mass is 9.94. The Balaban J connectivity index is 1.90. The predicted molar refractivity (Wildman–Crippen MR) is 98.7 cm³/mol. The number of benzene rings is 2. The van der Waals surface area contributed by atoms with Crippen molar-refractivity contribution < 1.29 is 49.7 Å². The molecule has 3 rings (SSSR count). The van der Waals surface area contributed by atoms with Crippen molar-refractivity contribution in [1.82, 2.24) is 5.06 Å². The van der Waals surface area contributed by atoms with Crippen molar-refractivity contribution in [2.24, 2.45) is 0 Å². The molecule has 1 heterocycles. The van der Waals surface area contributed by atoms with E-state index in [9.17, 15) is 31.2 Å². The van der Waals surface area contributed by atoms with Gasteiger partial charge in [0.05, 0.1) is 30.9 Å². The fraction of sp³-hybridized carbons (Fsp3) is 0.333. The van der Waals surface area contributed by atoms with E-state index in [0.717, 1.165) is 0 Å². The van der Waals surface area contributed by atoms with E-state index in [-0.39, 0.29) is 29.7 Å². The normalized spacial score (nSPS) is 14.4. The van der Waals surface area contributed by atoms with Crippen LogP contribution in [0.2, 0.25) is 0 Å². The van der Waals surface area contributed by atoms with Crippen molar-refractivity contribution in [2.45, 2.75) is 5.51 Å². The molecule has 0 unspecified atom stereocenters. The number of alkyl halides is 3. The van der Waals surface area contributed by atoms with Crippen LogP contribution in [0.1, 0.15) is 20.7 Å². The van der Waals surface area contributed by atoms with Crippen LogP contribution >= 0.6 is 0 Å². The third-order valence-electron chi connectivity index (χ3n) is 4.20. The molecule has 0 fully saturated rings. The van der Waals surface area contributed by atoms with Gasteiger partial charge in [0.25, 0.3) is 11.8 Å². The molecule has 0 saturated carbocycles. The fourth-order valence-corrected chi connectivity index (χ4v) is 3.25. The van der Waals surface area contributed by atoms with Gasteiger partial charge in [0.1, 0.15) is 12.4 Å². The Bertz CT molecular complexity index is 1090. The number of carbonyl (C=O) groups excluding carboxylic acids is 2. The minimum atomic E-state index is -6.23. The summed E-state index contributed by atoms with van der Waals surface area (Å²) >= 11 is 0. The zero-order valence-electron chi connectivity index (χ0n) is 16.0. The van der Waals surface area contributed by atoms with Gasteiger partial charge >= 0.3 is 15.6 Å². The second-order valence-electron chi connectivity index (χ2n) is 6.17. The first-order valence-corrected chi connectivity index (χ1v) is 10.1. The smallest absolute Gasteiger partial charge is 0.491 e. The standard InChI is InChI=1S/C18H16F3NO8S/c1-27-7-8-28-9-10-29-14-6-5-13-15-11(14)3-2-4-12(15)16(23)22(17(13)24)30-31(25,26)18(19,20)21/h2-6H,7-10H2,1H3. The van der Waals surface area contributed by atoms with Gasteiger partial charge in [-0.3, -0.25) is 9.59 Å². The van der Waals surface area contributed by atoms with E-state index in [4.69, 9.17) is 14.2 Å². The summed E-state index contributed by atoms with van der Waals surface area (Å²) in [5.74, 6) is -2.40. The number of amides is 2. The number of halogens is 3. The Morgan fingerprint density at radius 3 is 2.23 bits per heavy atom. The van der Waals surface area contributed by atoms with Crippen molar-refractivity contribution in [2.75, 3.05) is 33.5 Å². The molecule has 0 N–H and O–H groups in total. The summed E-state index contributed by atoms with van der Waals surface area (Å²) in [6.45, 7) is 1.15. The third-order valence-corrected chi connectivity index (χ3v) is 5.12. The Labute approximate surface area is 174 Å². The van der Waals surface area contributed by atoms with Gasteiger partial charge in [-0.05, 0) is 18.2 Å². The Morgan fingerprint density at radius 2 is 1.58 bits per heavy atom. The first-order valence-electron chi connectivity index (χ1n) is 8.73. The van der Waals surface area contributed by atoms with Crippen LogP contribution < -0.4 is 4.74 Å². The average molecular weight is 463 g/mol. The highest BCUT2D eigenvalue weighted by Crippen LogP contribution is 2.36. The zero-order chi connectivity index (χ0) is 22.8. The topological polar surface area (TPSA) is 108 Å². The first kappa shape index (κ1) is 22.9. The van der Waals surface area contributed by atoms with Crippen LogP contribution in [-0.2, 0) is 23.9 Å². The number of rotatable bonds is 9. The van der Waals surface area contributed by atoms with Crippen molar-refractivity contribution in [1.29, 1.82) is 0 Å². The van der Waals surface area contributed by atoms with Gasteiger partial charge in [0, 0.05) is 17.9 Å². The molecule has 2 amide bonds. The van der Waals surface area contributed by atoms with Gasteiger partial charge in [0.2, 0.25) is 0 Å². The Hall–Kier alpha value is -2.74. The number of ether oxygens (including phenoxy) is 3. The highest BCUT2D eigenvalue weighted by atomic mass is 32.2. The maximum Gasteiger partial charge on any atom is 0.525 e. The second-order valence-corrected chi connectivity index (χ2v) is 7.69. The molecule has 2 aromatic carbocycles. The zero-order valence-corrected chi connectivity index (χ0v) is 16.8. The van der Waals surface area contributed by atoms with E-state index in [1.54, 1.807) is 6.07 Å². The molecule has 1 aliphatic rings. The largest absolute Gasteiger partial charge is 0.525 e. The molecule has 13 heteroatoms. The lowest BCUT2D eigenvalue weighted by Gasteiger charge is -2.26. The molecule has 0 aromatic heterocycles. The van der Waals surface area contributed by atoms with Crippen LogP contribution in [0.4, 0.5) is 13.2 Å². The molecule has 0 radical (unpaired) electrons. The molecule has 0 spiro atoms. The van der Waals surface area contributed by atoms with Crippen molar-refractivity contribution >= 4 is 32.7 Å². The van der Waals surface area contributed by atoms with E-state index in [2.05, 4.69) is 4.28 Å². The van der Waals surface area contributed by atoms with Crippen LogP contribution in [-0.4, -0.2) is 64.3 Å². The van der Waals surface area contributed by atoms with Crippen LogP contribution in [0.5, 0.6) is 5.75 Å². The second kappa shape index (κ2) is 8.78. The summed E-state index contributed by atoms with van der Waals surface area (Å²) < 4.78 is 80.1. The maximum absolute atomic E-state index is 12.6. The number of hydroxylamine groups is 2. The minimum absolute atomic E-state index is 0.111. The van der Waals surface area contributed by atoms with Crippen molar-refractivity contribution in [3.63, 3.8) is 0 Å². The van der Waals surface area contributed by atoms with E-state index >= 15 is 0 Å². The number of carbonyl (C=O) groups is 2. The van der Waals surface area contributed by atoms with Gasteiger partial charge in [-0.1, -0.05) is 12.1 Å². The van der Waals surface area contributed by atoms with Gasteiger partial charge in [-0.25, -0.2) is 0 Å². The molecular formula is C18H16F3NO8S. The quantitative estimate of drug-likeness (QED) is 0.317. The van der Waals surface area contributed by atoms with Crippen LogP contribution in [0.3, 0.4) is 0 Å². The lowest BCUT2D eigenvalue weighted by molar-refractivity contribution is -0.0761. The third kappa shape index (κ3) is 4.49. The van der Waals surface area contributed by atoms with Crippen molar-refractivity contribution in [3.8, 4) is 5.75 Å². The van der Waals surface area contributed by atoms with E-state index in [0.29, 0.717) is 24.3 Å². The molecule has 9 nitrogen and oxygen atoms in total. The number of hydrogen-bond acceptors (Lipinski definition) is 8.